The van der Waals surface area contributed by atoms with Crippen molar-refractivity contribution in [2.45, 2.75) is 52.0 Å². The third-order valence-corrected chi connectivity index (χ3v) is 4.61. The molecule has 94 valence electrons. The van der Waals surface area contributed by atoms with E-state index in [1.54, 1.807) is 0 Å². The molecule has 1 atom stereocenters. The van der Waals surface area contributed by atoms with Gasteiger partial charge in [0.25, 0.3) is 0 Å². The molecular formula is C14H28N2. The van der Waals surface area contributed by atoms with Crippen molar-refractivity contribution in [3.8, 4) is 0 Å². The molecular weight excluding hydrogens is 196 g/mol. The first-order chi connectivity index (χ1) is 7.79. The predicted molar refractivity (Wildman–Crippen MR) is 69.6 cm³/mol. The maximum atomic E-state index is 3.57. The van der Waals surface area contributed by atoms with E-state index < -0.39 is 0 Å². The Labute approximate surface area is 101 Å². The molecule has 1 aliphatic heterocycles. The van der Waals surface area contributed by atoms with Crippen LogP contribution in [-0.2, 0) is 0 Å². The number of nitrogens with one attached hydrogen (secondary N) is 1. The van der Waals surface area contributed by atoms with Crippen LogP contribution in [0.25, 0.3) is 0 Å². The molecule has 1 unspecified atom stereocenters. The molecule has 2 rings (SSSR count). The highest BCUT2D eigenvalue weighted by Gasteiger charge is 2.26. The summed E-state index contributed by atoms with van der Waals surface area (Å²) in [5.41, 5.74) is 0. The molecule has 0 aromatic heterocycles. The van der Waals surface area contributed by atoms with Gasteiger partial charge < -0.3 is 10.2 Å². The van der Waals surface area contributed by atoms with E-state index in [0.717, 1.165) is 24.4 Å². The molecule has 0 amide bonds. The van der Waals surface area contributed by atoms with Crippen molar-refractivity contribution in [2.75, 3.05) is 26.2 Å². The van der Waals surface area contributed by atoms with E-state index in [-0.39, 0.29) is 0 Å². The summed E-state index contributed by atoms with van der Waals surface area (Å²) in [4.78, 5) is 2.71. The smallest absolute Gasteiger partial charge is 0.00678 e. The summed E-state index contributed by atoms with van der Waals surface area (Å²) in [6, 6.07) is 0.718. The molecule has 0 radical (unpaired) electrons. The standard InChI is InChI=1S/C14H28N2/c1-3-15-12(2)14-7-9-16(10-8-14)11-13-5-4-6-13/h12-15H,3-11H2,1-2H3. The maximum Gasteiger partial charge on any atom is 0.00678 e. The van der Waals surface area contributed by atoms with Crippen LogP contribution in [0.1, 0.15) is 46.0 Å². The number of nitrogens with zero attached hydrogens (tertiary/aromatic N) is 1. The second-order valence-electron chi connectivity index (χ2n) is 5.78. The molecule has 1 heterocycles. The second kappa shape index (κ2) is 6.02. The largest absolute Gasteiger partial charge is 0.314 e. The Hall–Kier alpha value is -0.0800. The first-order valence-corrected chi connectivity index (χ1v) is 7.25. The van der Waals surface area contributed by atoms with Crippen LogP contribution in [-0.4, -0.2) is 37.1 Å². The van der Waals surface area contributed by atoms with Gasteiger partial charge in [0.1, 0.15) is 0 Å². The quantitative estimate of drug-likeness (QED) is 0.772. The minimum Gasteiger partial charge on any atom is -0.314 e. The van der Waals surface area contributed by atoms with Crippen LogP contribution in [0.15, 0.2) is 0 Å². The van der Waals surface area contributed by atoms with Crippen molar-refractivity contribution in [3.63, 3.8) is 0 Å². The minimum atomic E-state index is 0.718. The van der Waals surface area contributed by atoms with Gasteiger partial charge in [-0.05, 0) is 64.1 Å². The molecule has 1 saturated heterocycles. The Morgan fingerprint density at radius 2 is 1.88 bits per heavy atom. The molecule has 1 aliphatic carbocycles. The van der Waals surface area contributed by atoms with Crippen molar-refractivity contribution in [1.82, 2.24) is 10.2 Å². The van der Waals surface area contributed by atoms with E-state index >= 15 is 0 Å². The van der Waals surface area contributed by atoms with E-state index in [2.05, 4.69) is 24.1 Å². The fourth-order valence-corrected chi connectivity index (χ4v) is 3.16. The van der Waals surface area contributed by atoms with Gasteiger partial charge in [0.2, 0.25) is 0 Å². The summed E-state index contributed by atoms with van der Waals surface area (Å²) in [5.74, 6) is 1.96. The average Bonchev–Trinajstić information content (AvgIpc) is 2.25. The molecule has 0 bridgehead atoms. The van der Waals surface area contributed by atoms with Crippen LogP contribution in [0.3, 0.4) is 0 Å². The summed E-state index contributed by atoms with van der Waals surface area (Å²) in [7, 11) is 0. The van der Waals surface area contributed by atoms with Crippen LogP contribution >= 0.6 is 0 Å². The van der Waals surface area contributed by atoms with E-state index in [1.807, 2.05) is 0 Å². The normalized spacial score (nSPS) is 26.6. The van der Waals surface area contributed by atoms with Gasteiger partial charge in [-0.3, -0.25) is 0 Å². The molecule has 0 aromatic rings. The number of hydrogen-bond acceptors (Lipinski definition) is 2. The Morgan fingerprint density at radius 3 is 2.38 bits per heavy atom. The SMILES string of the molecule is CCNC(C)C1CCN(CC2CCC2)CC1. The van der Waals surface area contributed by atoms with Crippen molar-refractivity contribution in [3.05, 3.63) is 0 Å². The molecule has 0 aromatic carbocycles. The van der Waals surface area contributed by atoms with Gasteiger partial charge >= 0.3 is 0 Å². The van der Waals surface area contributed by atoms with Gasteiger partial charge in [-0.25, -0.2) is 0 Å². The lowest BCUT2D eigenvalue weighted by molar-refractivity contribution is 0.120. The van der Waals surface area contributed by atoms with E-state index in [4.69, 9.17) is 0 Å². The highest BCUT2D eigenvalue weighted by atomic mass is 15.1. The molecule has 2 aliphatic rings. The van der Waals surface area contributed by atoms with Crippen LogP contribution in [0, 0.1) is 11.8 Å². The summed E-state index contributed by atoms with van der Waals surface area (Å²) >= 11 is 0. The Morgan fingerprint density at radius 1 is 1.19 bits per heavy atom. The zero-order chi connectivity index (χ0) is 11.4. The second-order valence-corrected chi connectivity index (χ2v) is 5.78. The third kappa shape index (κ3) is 3.21. The highest BCUT2D eigenvalue weighted by Crippen LogP contribution is 2.29. The zero-order valence-electron chi connectivity index (χ0n) is 11.0. The molecule has 1 N–H and O–H groups in total. The number of likely N-dealkylation sites (tertiary alicyclic amines) is 1. The summed E-state index contributed by atoms with van der Waals surface area (Å²) in [6.45, 7) is 9.76. The Bertz CT molecular complexity index is 193. The minimum absolute atomic E-state index is 0.718. The van der Waals surface area contributed by atoms with Crippen LogP contribution in [0.5, 0.6) is 0 Å². The van der Waals surface area contributed by atoms with Crippen LogP contribution < -0.4 is 5.32 Å². The first-order valence-electron chi connectivity index (χ1n) is 7.25. The van der Waals surface area contributed by atoms with Crippen LogP contribution in [0.4, 0.5) is 0 Å². The first kappa shape index (κ1) is 12.4. The molecule has 0 spiro atoms. The summed E-state index contributed by atoms with van der Waals surface area (Å²) in [6.07, 6.45) is 7.28. The molecule has 1 saturated carbocycles. The van der Waals surface area contributed by atoms with Gasteiger partial charge in [0, 0.05) is 12.6 Å². The van der Waals surface area contributed by atoms with Gasteiger partial charge in [-0.1, -0.05) is 13.3 Å². The predicted octanol–water partition coefficient (Wildman–Crippen LogP) is 2.50. The topological polar surface area (TPSA) is 15.3 Å². The van der Waals surface area contributed by atoms with Crippen LogP contribution in [0.2, 0.25) is 0 Å². The summed E-state index contributed by atoms with van der Waals surface area (Å²) in [5, 5.41) is 3.57. The lowest BCUT2D eigenvalue weighted by Crippen LogP contribution is -2.43. The van der Waals surface area contributed by atoms with E-state index in [9.17, 15) is 0 Å². The van der Waals surface area contributed by atoms with Crippen molar-refractivity contribution >= 4 is 0 Å². The van der Waals surface area contributed by atoms with Crippen molar-refractivity contribution in [1.29, 1.82) is 0 Å². The van der Waals surface area contributed by atoms with E-state index in [0.29, 0.717) is 0 Å². The average molecular weight is 224 g/mol. The fourth-order valence-electron chi connectivity index (χ4n) is 3.16. The molecule has 2 fully saturated rings. The monoisotopic (exact) mass is 224 g/mol. The molecule has 2 nitrogen and oxygen atoms in total. The fraction of sp³-hybridized carbons (Fsp3) is 1.00. The van der Waals surface area contributed by atoms with E-state index in [1.165, 1.54) is 51.7 Å². The van der Waals surface area contributed by atoms with Gasteiger partial charge in [0.15, 0.2) is 0 Å². The van der Waals surface area contributed by atoms with Gasteiger partial charge in [-0.2, -0.15) is 0 Å². The summed E-state index contributed by atoms with van der Waals surface area (Å²) < 4.78 is 0. The highest BCUT2D eigenvalue weighted by molar-refractivity contribution is 4.81. The number of hydrogen-bond donors (Lipinski definition) is 1. The Balaban J connectivity index is 1.65. The number of rotatable bonds is 5. The third-order valence-electron chi connectivity index (χ3n) is 4.61. The van der Waals surface area contributed by atoms with Crippen molar-refractivity contribution < 1.29 is 0 Å². The number of piperidine rings is 1. The maximum absolute atomic E-state index is 3.57. The molecule has 16 heavy (non-hydrogen) atoms. The van der Waals surface area contributed by atoms with Gasteiger partial charge in [-0.15, -0.1) is 0 Å². The molecule has 2 heteroatoms. The van der Waals surface area contributed by atoms with Crippen molar-refractivity contribution in [2.24, 2.45) is 11.8 Å². The lowest BCUT2D eigenvalue weighted by Gasteiger charge is -2.38. The zero-order valence-corrected chi connectivity index (χ0v) is 11.0. The van der Waals surface area contributed by atoms with Gasteiger partial charge in [0.05, 0.1) is 0 Å². The lowest BCUT2D eigenvalue weighted by atomic mass is 9.84. The Kier molecular flexibility index (Phi) is 4.66.